The third-order valence-corrected chi connectivity index (χ3v) is 7.29. The number of ether oxygens (including phenoxy) is 2. The number of nitrogens with one attached hydrogen (secondary N) is 1. The third-order valence-electron chi connectivity index (χ3n) is 6.15. The van der Waals surface area contributed by atoms with Crippen LogP contribution in [0.3, 0.4) is 0 Å². The molecule has 8 nitrogen and oxygen atoms in total. The molecule has 0 spiro atoms. The predicted octanol–water partition coefficient (Wildman–Crippen LogP) is 5.48. The van der Waals surface area contributed by atoms with Gasteiger partial charge in [0.15, 0.2) is 11.7 Å². The van der Waals surface area contributed by atoms with Crippen molar-refractivity contribution in [2.24, 2.45) is 0 Å². The van der Waals surface area contributed by atoms with Crippen LogP contribution in [0.25, 0.3) is 22.6 Å². The van der Waals surface area contributed by atoms with Crippen molar-refractivity contribution < 1.29 is 28.2 Å². The summed E-state index contributed by atoms with van der Waals surface area (Å²) in [6.07, 6.45) is 2.67. The Kier molecular flexibility index (Phi) is 7.67. The number of anilines is 1. The Morgan fingerprint density at radius 1 is 1.13 bits per heavy atom. The van der Waals surface area contributed by atoms with Gasteiger partial charge < -0.3 is 9.47 Å². The van der Waals surface area contributed by atoms with Crippen LogP contribution in [0.1, 0.15) is 39.3 Å². The summed E-state index contributed by atoms with van der Waals surface area (Å²) < 4.78 is 24.5. The number of methoxy groups -OCH3 is 1. The number of amides is 1. The molecule has 1 aliphatic rings. The number of hydrogen-bond donors (Lipinski definition) is 1. The van der Waals surface area contributed by atoms with Crippen LogP contribution in [-0.2, 0) is 31.9 Å². The first-order valence-corrected chi connectivity index (χ1v) is 13.1. The monoisotopic (exact) mass is 565 g/mol. The van der Waals surface area contributed by atoms with Crippen LogP contribution in [0.5, 0.6) is 0 Å². The van der Waals surface area contributed by atoms with Crippen molar-refractivity contribution in [3.63, 3.8) is 0 Å². The number of para-hydroxylation sites is 1. The van der Waals surface area contributed by atoms with Gasteiger partial charge >= 0.3 is 11.9 Å². The number of pyridine rings is 1. The van der Waals surface area contributed by atoms with Crippen molar-refractivity contribution in [2.75, 3.05) is 19.0 Å². The van der Waals surface area contributed by atoms with Crippen molar-refractivity contribution in [3.05, 3.63) is 86.8 Å². The minimum absolute atomic E-state index is 0.0162. The lowest BCUT2D eigenvalue weighted by molar-refractivity contribution is -0.139. The zero-order chi connectivity index (χ0) is 27.5. The molecule has 0 atom stereocenters. The smallest absolute Gasteiger partial charge is 0.339 e. The maximum absolute atomic E-state index is 14.5. The number of allylic oxidation sites excluding steroid dienone is 1. The summed E-state index contributed by atoms with van der Waals surface area (Å²) in [6, 6.07) is 11.6. The molecule has 2 aromatic heterocycles. The van der Waals surface area contributed by atoms with Gasteiger partial charge in [-0.2, -0.15) is 0 Å². The number of carbonyl (C=O) groups excluding carboxylic acids is 3. The highest BCUT2D eigenvalue weighted by Crippen LogP contribution is 2.38. The molecular formula is C28H21ClFN3O5S. The first kappa shape index (κ1) is 26.5. The van der Waals surface area contributed by atoms with Gasteiger partial charge in [0.05, 0.1) is 41.0 Å². The predicted molar refractivity (Wildman–Crippen MR) is 146 cm³/mol. The Balaban J connectivity index is 1.38. The molecule has 0 bridgehead atoms. The molecule has 2 heterocycles. The first-order chi connectivity index (χ1) is 18.8. The van der Waals surface area contributed by atoms with E-state index in [1.165, 1.54) is 19.2 Å². The number of benzene rings is 2. The topological polar surface area (TPSA) is 107 Å². The van der Waals surface area contributed by atoms with Crippen LogP contribution in [0.15, 0.2) is 47.8 Å². The molecule has 4 aromatic rings. The number of nitrogens with zero attached hydrogens (tertiary/aromatic N) is 2. The second-order valence-electron chi connectivity index (χ2n) is 8.66. The Bertz CT molecular complexity index is 1630. The van der Waals surface area contributed by atoms with E-state index in [4.69, 9.17) is 21.3 Å². The minimum Gasteiger partial charge on any atom is -0.469 e. The molecule has 0 unspecified atom stereocenters. The summed E-state index contributed by atoms with van der Waals surface area (Å²) in [5.74, 6) is -2.14. The zero-order valence-electron chi connectivity index (χ0n) is 20.6. The van der Waals surface area contributed by atoms with Gasteiger partial charge in [-0.3, -0.25) is 14.9 Å². The quantitative estimate of drug-likeness (QED) is 0.296. The van der Waals surface area contributed by atoms with Gasteiger partial charge in [-0.1, -0.05) is 35.9 Å². The lowest BCUT2D eigenvalue weighted by Gasteiger charge is -2.12. The normalized spacial score (nSPS) is 13.4. The van der Waals surface area contributed by atoms with E-state index in [2.05, 4.69) is 15.0 Å². The number of esters is 2. The number of thiazole rings is 1. The SMILES string of the molecule is COC(=O)Cc1csc(NC(=O)COC(=O)c2c3c(nc4ccccc24)/C(=C/c2c(F)cccc2Cl)CC3)n1. The zero-order valence-corrected chi connectivity index (χ0v) is 22.2. The van der Waals surface area contributed by atoms with Gasteiger partial charge in [-0.25, -0.2) is 19.2 Å². The summed E-state index contributed by atoms with van der Waals surface area (Å²) >= 11 is 7.37. The molecule has 0 radical (unpaired) electrons. The number of carbonyl (C=O) groups is 3. The standard InChI is InChI=1S/C28H21ClFN3O5S/c1-37-24(35)12-16-14-39-28(31-16)33-23(34)13-38-27(36)25-17-5-2-3-8-22(17)32-26-15(9-10-18(25)26)11-19-20(29)6-4-7-21(19)30/h2-8,11,14H,9-10,12-13H2,1H3,(H,31,33,34)/b15-11+. The van der Waals surface area contributed by atoms with Crippen LogP contribution < -0.4 is 5.32 Å². The molecule has 0 aliphatic heterocycles. The van der Waals surface area contributed by atoms with Crippen LogP contribution in [0.4, 0.5) is 9.52 Å². The van der Waals surface area contributed by atoms with E-state index in [1.807, 2.05) is 0 Å². The fraction of sp³-hybridized carbons (Fsp3) is 0.179. The van der Waals surface area contributed by atoms with Crippen molar-refractivity contribution in [3.8, 4) is 0 Å². The summed E-state index contributed by atoms with van der Waals surface area (Å²) in [5.41, 5.74) is 3.60. The molecule has 2 aromatic carbocycles. The molecule has 39 heavy (non-hydrogen) atoms. The molecule has 5 rings (SSSR count). The molecule has 198 valence electrons. The number of halogens is 2. The van der Waals surface area contributed by atoms with Crippen molar-refractivity contribution >= 4 is 68.5 Å². The van der Waals surface area contributed by atoms with Crippen LogP contribution in [0.2, 0.25) is 5.02 Å². The maximum Gasteiger partial charge on any atom is 0.339 e. The molecule has 0 fully saturated rings. The number of rotatable bonds is 7. The fourth-order valence-corrected chi connectivity index (χ4v) is 5.30. The summed E-state index contributed by atoms with van der Waals surface area (Å²) in [7, 11) is 1.28. The molecule has 1 N–H and O–H groups in total. The highest BCUT2D eigenvalue weighted by molar-refractivity contribution is 7.13. The van der Waals surface area contributed by atoms with Gasteiger partial charge in [0.1, 0.15) is 5.82 Å². The van der Waals surface area contributed by atoms with Crippen LogP contribution in [-0.4, -0.2) is 41.5 Å². The lowest BCUT2D eigenvalue weighted by atomic mass is 10.0. The summed E-state index contributed by atoms with van der Waals surface area (Å²) in [4.78, 5) is 46.1. The lowest BCUT2D eigenvalue weighted by Crippen LogP contribution is -2.21. The number of aromatic nitrogens is 2. The number of hydrogen-bond acceptors (Lipinski definition) is 8. The second-order valence-corrected chi connectivity index (χ2v) is 9.92. The van der Waals surface area contributed by atoms with Gasteiger partial charge in [-0.15, -0.1) is 11.3 Å². The molecule has 1 aliphatic carbocycles. The average molecular weight is 566 g/mol. The van der Waals surface area contributed by atoms with Crippen LogP contribution in [0, 0.1) is 5.82 Å². The Hall–Kier alpha value is -4.15. The van der Waals surface area contributed by atoms with Crippen molar-refractivity contribution in [2.45, 2.75) is 19.3 Å². The number of fused-ring (bicyclic) bond motifs is 2. The van der Waals surface area contributed by atoms with E-state index in [0.717, 1.165) is 16.9 Å². The van der Waals surface area contributed by atoms with Crippen molar-refractivity contribution in [1.82, 2.24) is 9.97 Å². The van der Waals surface area contributed by atoms with Crippen LogP contribution >= 0.6 is 22.9 Å². The summed E-state index contributed by atoms with van der Waals surface area (Å²) in [5, 5.41) is 5.34. The van der Waals surface area contributed by atoms with E-state index < -0.39 is 30.3 Å². The van der Waals surface area contributed by atoms with Gasteiger partial charge in [-0.05, 0) is 48.3 Å². The average Bonchev–Trinajstić information content (AvgIpc) is 3.54. The summed E-state index contributed by atoms with van der Waals surface area (Å²) in [6.45, 7) is -0.538. The Labute approximate surface area is 231 Å². The van der Waals surface area contributed by atoms with E-state index in [9.17, 15) is 18.8 Å². The van der Waals surface area contributed by atoms with E-state index in [1.54, 1.807) is 41.8 Å². The fourth-order valence-electron chi connectivity index (χ4n) is 4.36. The first-order valence-electron chi connectivity index (χ1n) is 11.9. The highest BCUT2D eigenvalue weighted by atomic mass is 35.5. The largest absolute Gasteiger partial charge is 0.469 e. The minimum atomic E-state index is -0.671. The molecule has 0 saturated heterocycles. The third kappa shape index (κ3) is 5.67. The van der Waals surface area contributed by atoms with Gasteiger partial charge in [0.2, 0.25) is 0 Å². The Morgan fingerprint density at radius 2 is 1.95 bits per heavy atom. The molecule has 1 amide bonds. The second kappa shape index (κ2) is 11.3. The molecular weight excluding hydrogens is 545 g/mol. The van der Waals surface area contributed by atoms with Gasteiger partial charge in [0.25, 0.3) is 5.91 Å². The van der Waals surface area contributed by atoms with E-state index in [0.29, 0.717) is 46.3 Å². The highest BCUT2D eigenvalue weighted by Gasteiger charge is 2.28. The molecule has 0 saturated carbocycles. The Morgan fingerprint density at radius 3 is 2.74 bits per heavy atom. The van der Waals surface area contributed by atoms with E-state index in [-0.39, 0.29) is 22.1 Å². The maximum atomic E-state index is 14.5. The van der Waals surface area contributed by atoms with E-state index >= 15 is 0 Å². The molecule has 11 heteroatoms. The van der Waals surface area contributed by atoms with Gasteiger partial charge in [0, 0.05) is 16.3 Å². The van der Waals surface area contributed by atoms with Crippen molar-refractivity contribution in [1.29, 1.82) is 0 Å².